The minimum Gasteiger partial charge on any atom is -0.382 e. The molecule has 0 saturated carbocycles. The predicted octanol–water partition coefficient (Wildman–Crippen LogP) is 2.23. The fourth-order valence-corrected chi connectivity index (χ4v) is 1.26. The van der Waals surface area contributed by atoms with Gasteiger partial charge in [0.1, 0.15) is 0 Å². The lowest BCUT2D eigenvalue weighted by atomic mass is 10.1. The van der Waals surface area contributed by atoms with Crippen molar-refractivity contribution in [1.82, 2.24) is 0 Å². The van der Waals surface area contributed by atoms with Crippen molar-refractivity contribution in [3.8, 4) is 0 Å². The van der Waals surface area contributed by atoms with Crippen molar-refractivity contribution < 1.29 is 9.47 Å². The molecule has 68 valence electrons. The number of rotatable bonds is 2. The average molecular weight is 160 g/mol. The van der Waals surface area contributed by atoms with E-state index in [4.69, 9.17) is 9.47 Å². The van der Waals surface area contributed by atoms with E-state index in [1.54, 1.807) is 7.11 Å². The molecule has 0 aromatic carbocycles. The average Bonchev–Trinajstić information content (AvgIpc) is 2.41. The number of methoxy groups -OCH3 is 1. The summed E-state index contributed by atoms with van der Waals surface area (Å²) in [6, 6.07) is 0. The molecule has 1 fully saturated rings. The van der Waals surface area contributed by atoms with Crippen LogP contribution in [0.1, 0.15) is 33.6 Å². The van der Waals surface area contributed by atoms with Crippen molar-refractivity contribution in [2.24, 2.45) is 0 Å². The van der Waals surface area contributed by atoms with E-state index < -0.39 is 0 Å². The van der Waals surface area contributed by atoms with Crippen LogP contribution in [0.25, 0.3) is 0 Å². The van der Waals surface area contributed by atoms with Crippen molar-refractivity contribution in [3.63, 3.8) is 0 Å². The van der Waals surface area contributed by atoms with Gasteiger partial charge >= 0.3 is 0 Å². The molecule has 1 unspecified atom stereocenters. The molecule has 1 saturated heterocycles. The van der Waals surface area contributed by atoms with Crippen LogP contribution in [0.4, 0.5) is 0 Å². The molecule has 0 N–H and O–H groups in total. The van der Waals surface area contributed by atoms with Crippen molar-refractivity contribution in [1.29, 1.82) is 0 Å². The van der Waals surface area contributed by atoms with Gasteiger partial charge in [-0.25, -0.2) is 0 Å². The molecule has 0 amide bonds. The zero-order chi connectivity index (χ0) is 8.74. The number of hydrogen-bond donors (Lipinski definition) is 0. The summed E-state index contributed by atoms with van der Waals surface area (Å²) in [7, 11) is 1.72. The molecule has 0 aliphatic carbocycles. The molecule has 1 rings (SSSR count). The SMILES string of the molecule is CC.COCC1(C)CCCO1. The molecule has 2 nitrogen and oxygen atoms in total. The van der Waals surface area contributed by atoms with Gasteiger partial charge in [-0.15, -0.1) is 0 Å². The van der Waals surface area contributed by atoms with Crippen LogP contribution >= 0.6 is 0 Å². The van der Waals surface area contributed by atoms with Crippen LogP contribution in [0.3, 0.4) is 0 Å². The fraction of sp³-hybridized carbons (Fsp3) is 1.00. The van der Waals surface area contributed by atoms with Crippen LogP contribution < -0.4 is 0 Å². The molecule has 0 bridgehead atoms. The Morgan fingerprint density at radius 2 is 2.09 bits per heavy atom. The first-order valence-corrected chi connectivity index (χ1v) is 4.40. The van der Waals surface area contributed by atoms with Crippen LogP contribution in [0.5, 0.6) is 0 Å². The highest BCUT2D eigenvalue weighted by Gasteiger charge is 2.29. The molecule has 0 aromatic heterocycles. The summed E-state index contributed by atoms with van der Waals surface area (Å²) in [5, 5.41) is 0. The first-order valence-electron chi connectivity index (χ1n) is 4.40. The fourth-order valence-electron chi connectivity index (χ4n) is 1.26. The Hall–Kier alpha value is -0.0800. The van der Waals surface area contributed by atoms with Gasteiger partial charge in [0, 0.05) is 13.7 Å². The lowest BCUT2D eigenvalue weighted by molar-refractivity contribution is -0.0378. The van der Waals surface area contributed by atoms with Crippen LogP contribution in [0.15, 0.2) is 0 Å². The van der Waals surface area contributed by atoms with Gasteiger partial charge < -0.3 is 9.47 Å². The topological polar surface area (TPSA) is 18.5 Å². The standard InChI is InChI=1S/C7H14O2.C2H6/c1-7(6-8-2)4-3-5-9-7;1-2/h3-6H2,1-2H3;1-2H3. The molecular weight excluding hydrogens is 140 g/mol. The van der Waals surface area contributed by atoms with E-state index in [2.05, 4.69) is 6.92 Å². The third-order valence-electron chi connectivity index (χ3n) is 1.75. The van der Waals surface area contributed by atoms with Crippen LogP contribution in [0, 0.1) is 0 Å². The highest BCUT2D eigenvalue weighted by Crippen LogP contribution is 2.24. The van der Waals surface area contributed by atoms with Crippen molar-refractivity contribution >= 4 is 0 Å². The zero-order valence-electron chi connectivity index (χ0n) is 8.14. The third-order valence-corrected chi connectivity index (χ3v) is 1.75. The summed E-state index contributed by atoms with van der Waals surface area (Å²) < 4.78 is 10.5. The second-order valence-corrected chi connectivity index (χ2v) is 2.83. The summed E-state index contributed by atoms with van der Waals surface area (Å²) in [6.45, 7) is 7.73. The summed E-state index contributed by atoms with van der Waals surface area (Å²) in [6.07, 6.45) is 2.32. The molecule has 0 aromatic rings. The maximum absolute atomic E-state index is 5.46. The van der Waals surface area contributed by atoms with E-state index in [0.717, 1.165) is 19.6 Å². The number of ether oxygens (including phenoxy) is 2. The Labute approximate surface area is 69.9 Å². The molecule has 1 heterocycles. The predicted molar refractivity (Wildman–Crippen MR) is 46.8 cm³/mol. The van der Waals surface area contributed by atoms with Gasteiger partial charge in [0.25, 0.3) is 0 Å². The summed E-state index contributed by atoms with van der Waals surface area (Å²) in [5.41, 5.74) is 0.0226. The molecule has 11 heavy (non-hydrogen) atoms. The monoisotopic (exact) mass is 160 g/mol. The molecule has 1 aliphatic heterocycles. The third kappa shape index (κ3) is 3.73. The minimum atomic E-state index is 0.0226. The Kier molecular flexibility index (Phi) is 5.51. The van der Waals surface area contributed by atoms with E-state index >= 15 is 0 Å². The van der Waals surface area contributed by atoms with Crippen molar-refractivity contribution in [2.75, 3.05) is 20.3 Å². The zero-order valence-corrected chi connectivity index (χ0v) is 8.14. The van der Waals surface area contributed by atoms with Crippen LogP contribution in [-0.4, -0.2) is 25.9 Å². The lowest BCUT2D eigenvalue weighted by Gasteiger charge is -2.21. The first-order chi connectivity index (χ1) is 5.27. The molecule has 0 spiro atoms. The maximum atomic E-state index is 5.46. The van der Waals surface area contributed by atoms with Gasteiger partial charge in [0.2, 0.25) is 0 Å². The highest BCUT2D eigenvalue weighted by atomic mass is 16.5. The molecule has 1 atom stereocenters. The summed E-state index contributed by atoms with van der Waals surface area (Å²) >= 11 is 0. The van der Waals surface area contributed by atoms with Gasteiger partial charge in [-0.05, 0) is 19.8 Å². The smallest absolute Gasteiger partial charge is 0.0887 e. The van der Waals surface area contributed by atoms with Crippen molar-refractivity contribution in [2.45, 2.75) is 39.2 Å². The molecule has 0 radical (unpaired) electrons. The van der Waals surface area contributed by atoms with E-state index in [1.807, 2.05) is 13.8 Å². The van der Waals surface area contributed by atoms with Gasteiger partial charge in [-0.3, -0.25) is 0 Å². The van der Waals surface area contributed by atoms with E-state index in [9.17, 15) is 0 Å². The first kappa shape index (κ1) is 10.9. The Morgan fingerprint density at radius 1 is 1.45 bits per heavy atom. The van der Waals surface area contributed by atoms with E-state index in [1.165, 1.54) is 6.42 Å². The molecule has 2 heteroatoms. The maximum Gasteiger partial charge on any atom is 0.0887 e. The van der Waals surface area contributed by atoms with Crippen LogP contribution in [-0.2, 0) is 9.47 Å². The highest BCUT2D eigenvalue weighted by molar-refractivity contribution is 4.78. The van der Waals surface area contributed by atoms with Gasteiger partial charge in [-0.2, -0.15) is 0 Å². The Bertz CT molecular complexity index is 85.6. The molecule has 1 aliphatic rings. The summed E-state index contributed by atoms with van der Waals surface area (Å²) in [4.78, 5) is 0. The normalized spacial score (nSPS) is 29.5. The van der Waals surface area contributed by atoms with Gasteiger partial charge in [-0.1, -0.05) is 13.8 Å². The second-order valence-electron chi connectivity index (χ2n) is 2.83. The van der Waals surface area contributed by atoms with E-state index in [0.29, 0.717) is 0 Å². The summed E-state index contributed by atoms with van der Waals surface area (Å²) in [5.74, 6) is 0. The quantitative estimate of drug-likeness (QED) is 0.616. The second kappa shape index (κ2) is 5.56. The minimum absolute atomic E-state index is 0.0226. The van der Waals surface area contributed by atoms with Crippen molar-refractivity contribution in [3.05, 3.63) is 0 Å². The van der Waals surface area contributed by atoms with Gasteiger partial charge in [0.05, 0.1) is 12.2 Å². The number of hydrogen-bond acceptors (Lipinski definition) is 2. The Morgan fingerprint density at radius 3 is 2.45 bits per heavy atom. The Balaban J connectivity index is 0.000000461. The lowest BCUT2D eigenvalue weighted by Crippen LogP contribution is -2.28. The van der Waals surface area contributed by atoms with Crippen LogP contribution in [0.2, 0.25) is 0 Å². The van der Waals surface area contributed by atoms with E-state index in [-0.39, 0.29) is 5.60 Å². The van der Waals surface area contributed by atoms with Gasteiger partial charge in [0.15, 0.2) is 0 Å². The largest absolute Gasteiger partial charge is 0.382 e. The molecular formula is C9H20O2.